The fourth-order valence-corrected chi connectivity index (χ4v) is 4.23. The number of nitrogens with one attached hydrogen (secondary N) is 1. The van der Waals surface area contributed by atoms with Crippen LogP contribution in [0.25, 0.3) is 0 Å². The van der Waals surface area contributed by atoms with Crippen molar-refractivity contribution in [3.05, 3.63) is 27.7 Å². The van der Waals surface area contributed by atoms with Gasteiger partial charge in [0.05, 0.1) is 4.90 Å². The molecule has 1 aromatic rings. The van der Waals surface area contributed by atoms with Crippen LogP contribution >= 0.6 is 35.6 Å². The normalized spacial score (nSPS) is 20.5. The molecule has 20 heavy (non-hydrogen) atoms. The minimum absolute atomic E-state index is 0. The van der Waals surface area contributed by atoms with E-state index in [1.807, 2.05) is 6.92 Å². The van der Waals surface area contributed by atoms with Crippen LogP contribution in [0.1, 0.15) is 12.5 Å². The van der Waals surface area contributed by atoms with Gasteiger partial charge in [-0.2, -0.15) is 4.31 Å². The van der Waals surface area contributed by atoms with Gasteiger partial charge in [-0.25, -0.2) is 8.42 Å². The summed E-state index contributed by atoms with van der Waals surface area (Å²) >= 11 is 12.0. The largest absolute Gasteiger partial charge is 0.312 e. The summed E-state index contributed by atoms with van der Waals surface area (Å²) in [6, 6.07) is 3.07. The van der Waals surface area contributed by atoms with Gasteiger partial charge in [0.2, 0.25) is 10.0 Å². The van der Waals surface area contributed by atoms with Gasteiger partial charge in [0.15, 0.2) is 0 Å². The van der Waals surface area contributed by atoms with Crippen LogP contribution in [-0.4, -0.2) is 38.4 Å². The predicted molar refractivity (Wildman–Crippen MR) is 84.7 cm³/mol. The number of nitrogens with zero attached hydrogens (tertiary/aromatic N) is 1. The molecule has 1 unspecified atom stereocenters. The third-order valence-corrected chi connectivity index (χ3v) is 5.85. The van der Waals surface area contributed by atoms with Crippen molar-refractivity contribution < 1.29 is 8.42 Å². The minimum Gasteiger partial charge on any atom is -0.312 e. The molecule has 114 valence electrons. The third kappa shape index (κ3) is 3.59. The van der Waals surface area contributed by atoms with Crippen LogP contribution in [0.4, 0.5) is 0 Å². The Kier molecular flexibility index (Phi) is 6.14. The monoisotopic (exact) mass is 358 g/mol. The van der Waals surface area contributed by atoms with Crippen LogP contribution in [-0.2, 0) is 10.0 Å². The Labute approximate surface area is 135 Å². The van der Waals surface area contributed by atoms with E-state index >= 15 is 0 Å². The molecule has 0 amide bonds. The summed E-state index contributed by atoms with van der Waals surface area (Å²) in [5.41, 5.74) is 0.691. The molecule has 0 spiro atoms. The molecular weight excluding hydrogens is 343 g/mol. The summed E-state index contributed by atoms with van der Waals surface area (Å²) in [6.07, 6.45) is 0. The van der Waals surface area contributed by atoms with Gasteiger partial charge >= 0.3 is 0 Å². The van der Waals surface area contributed by atoms with E-state index in [1.165, 1.54) is 16.4 Å². The molecule has 0 aliphatic carbocycles. The van der Waals surface area contributed by atoms with Crippen LogP contribution < -0.4 is 5.32 Å². The lowest BCUT2D eigenvalue weighted by Crippen LogP contribution is -2.51. The molecule has 1 aliphatic heterocycles. The highest BCUT2D eigenvalue weighted by molar-refractivity contribution is 7.89. The maximum atomic E-state index is 12.5. The molecule has 1 heterocycles. The van der Waals surface area contributed by atoms with Crippen LogP contribution in [0.3, 0.4) is 0 Å². The zero-order valence-corrected chi connectivity index (χ0v) is 14.3. The van der Waals surface area contributed by atoms with Crippen molar-refractivity contribution in [2.45, 2.75) is 24.8 Å². The van der Waals surface area contributed by atoms with Crippen LogP contribution in [0, 0.1) is 6.92 Å². The van der Waals surface area contributed by atoms with E-state index in [0.29, 0.717) is 35.2 Å². The van der Waals surface area contributed by atoms with Crippen molar-refractivity contribution in [1.29, 1.82) is 0 Å². The Morgan fingerprint density at radius 1 is 1.30 bits per heavy atom. The Morgan fingerprint density at radius 3 is 2.35 bits per heavy atom. The lowest BCUT2D eigenvalue weighted by atomic mass is 10.2. The van der Waals surface area contributed by atoms with Crippen molar-refractivity contribution in [1.82, 2.24) is 9.62 Å². The molecule has 1 aliphatic rings. The molecule has 0 radical (unpaired) electrons. The SMILES string of the molecule is Cc1c(Cl)cc(S(=O)(=O)N2CCNC(C)C2)cc1Cl.Cl. The first kappa shape index (κ1) is 18.0. The molecule has 1 atom stereocenters. The highest BCUT2D eigenvalue weighted by Gasteiger charge is 2.29. The zero-order valence-electron chi connectivity index (χ0n) is 11.2. The average Bonchev–Trinajstić information content (AvgIpc) is 2.35. The van der Waals surface area contributed by atoms with E-state index in [1.54, 1.807) is 6.92 Å². The summed E-state index contributed by atoms with van der Waals surface area (Å²) in [5, 5.41) is 3.95. The molecule has 1 saturated heterocycles. The third-order valence-electron chi connectivity index (χ3n) is 3.22. The molecule has 0 saturated carbocycles. The van der Waals surface area contributed by atoms with Crippen molar-refractivity contribution in [3.63, 3.8) is 0 Å². The summed E-state index contributed by atoms with van der Waals surface area (Å²) < 4.78 is 26.5. The van der Waals surface area contributed by atoms with Gasteiger partial charge in [-0.05, 0) is 31.5 Å². The van der Waals surface area contributed by atoms with Crippen molar-refractivity contribution in [3.8, 4) is 0 Å². The van der Waals surface area contributed by atoms with E-state index in [-0.39, 0.29) is 23.3 Å². The number of hydrogen-bond donors (Lipinski definition) is 1. The Balaban J connectivity index is 0.00000200. The van der Waals surface area contributed by atoms with Crippen molar-refractivity contribution >= 4 is 45.6 Å². The predicted octanol–water partition coefficient (Wildman–Crippen LogP) is 2.71. The highest BCUT2D eigenvalue weighted by Crippen LogP contribution is 2.29. The molecule has 8 heteroatoms. The number of sulfonamides is 1. The van der Waals surface area contributed by atoms with Crippen LogP contribution in [0.2, 0.25) is 10.0 Å². The van der Waals surface area contributed by atoms with E-state index in [4.69, 9.17) is 23.2 Å². The Bertz CT molecular complexity index is 569. The summed E-state index contributed by atoms with van der Waals surface area (Å²) in [6.45, 7) is 5.26. The van der Waals surface area contributed by atoms with Crippen LogP contribution in [0.15, 0.2) is 17.0 Å². The van der Waals surface area contributed by atoms with Crippen LogP contribution in [0.5, 0.6) is 0 Å². The van der Waals surface area contributed by atoms with E-state index in [9.17, 15) is 8.42 Å². The first-order chi connectivity index (χ1) is 8.82. The smallest absolute Gasteiger partial charge is 0.243 e. The molecule has 4 nitrogen and oxygen atoms in total. The molecule has 0 bridgehead atoms. The molecule has 2 rings (SSSR count). The molecule has 1 N–H and O–H groups in total. The first-order valence-corrected chi connectivity index (χ1v) is 8.21. The molecular formula is C12H17Cl3N2O2S. The average molecular weight is 360 g/mol. The number of halogens is 3. The molecule has 1 aromatic carbocycles. The fourth-order valence-electron chi connectivity index (χ4n) is 2.04. The van der Waals surface area contributed by atoms with Crippen molar-refractivity contribution in [2.75, 3.05) is 19.6 Å². The summed E-state index contributed by atoms with van der Waals surface area (Å²) in [7, 11) is -3.53. The van der Waals surface area contributed by atoms with E-state index < -0.39 is 10.0 Å². The fraction of sp³-hybridized carbons (Fsp3) is 0.500. The standard InChI is InChI=1S/C12H16Cl2N2O2S.ClH/c1-8-7-16(4-3-15-8)19(17,18)10-5-11(13)9(2)12(14)6-10;/h5-6,8,15H,3-4,7H2,1-2H3;1H. The number of rotatable bonds is 2. The Hall–Kier alpha value is -0.0400. The first-order valence-electron chi connectivity index (χ1n) is 6.01. The van der Waals surface area contributed by atoms with Gasteiger partial charge in [0, 0.05) is 35.7 Å². The van der Waals surface area contributed by atoms with Gasteiger partial charge in [-0.15, -0.1) is 12.4 Å². The number of hydrogen-bond acceptors (Lipinski definition) is 3. The van der Waals surface area contributed by atoms with Gasteiger partial charge in [0.1, 0.15) is 0 Å². The Morgan fingerprint density at radius 2 is 1.85 bits per heavy atom. The highest BCUT2D eigenvalue weighted by atomic mass is 35.5. The molecule has 1 fully saturated rings. The van der Waals surface area contributed by atoms with Gasteiger partial charge in [-0.1, -0.05) is 23.2 Å². The molecule has 0 aromatic heterocycles. The van der Waals surface area contributed by atoms with Gasteiger partial charge in [0.25, 0.3) is 0 Å². The quantitative estimate of drug-likeness (QED) is 0.883. The van der Waals surface area contributed by atoms with E-state index in [2.05, 4.69) is 5.32 Å². The second kappa shape index (κ2) is 6.81. The summed E-state index contributed by atoms with van der Waals surface area (Å²) in [4.78, 5) is 0.155. The lowest BCUT2D eigenvalue weighted by Gasteiger charge is -2.31. The van der Waals surface area contributed by atoms with Gasteiger partial charge in [-0.3, -0.25) is 0 Å². The maximum Gasteiger partial charge on any atom is 0.243 e. The second-order valence-electron chi connectivity index (χ2n) is 4.73. The van der Waals surface area contributed by atoms with E-state index in [0.717, 1.165) is 0 Å². The number of benzene rings is 1. The van der Waals surface area contributed by atoms with Gasteiger partial charge < -0.3 is 5.32 Å². The summed E-state index contributed by atoms with van der Waals surface area (Å²) in [5.74, 6) is 0. The zero-order chi connectivity index (χ0) is 14.2. The lowest BCUT2D eigenvalue weighted by molar-refractivity contribution is 0.310. The second-order valence-corrected chi connectivity index (χ2v) is 7.48. The minimum atomic E-state index is -3.53. The maximum absolute atomic E-state index is 12.5. The topological polar surface area (TPSA) is 49.4 Å². The van der Waals surface area contributed by atoms with Crippen molar-refractivity contribution in [2.24, 2.45) is 0 Å². The number of piperazine rings is 1.